The summed E-state index contributed by atoms with van der Waals surface area (Å²) in [5.74, 6) is -0.521. The van der Waals surface area contributed by atoms with Crippen molar-refractivity contribution in [1.82, 2.24) is 0 Å². The molecule has 1 aromatic carbocycles. The Labute approximate surface area is 44.4 Å². The molecule has 0 spiro atoms. The van der Waals surface area contributed by atoms with Crippen LogP contribution in [0, 0.1) is 5.82 Å². The van der Waals surface area contributed by atoms with Crippen LogP contribution in [0.3, 0.4) is 0 Å². The van der Waals surface area contributed by atoms with Crippen LogP contribution in [0.5, 0.6) is 0 Å². The number of halogens is 1. The third-order valence-electron chi connectivity index (χ3n) is 0.609. The zero-order valence-corrected chi connectivity index (χ0v) is 3.61. The lowest BCUT2D eigenvalue weighted by molar-refractivity contribution is 0.628. The fraction of sp³-hybridized carbons (Fsp3) is 0. The van der Waals surface area contributed by atoms with Gasteiger partial charge < -0.3 is 0 Å². The van der Waals surface area contributed by atoms with Gasteiger partial charge in [-0.05, 0) is 12.1 Å². The van der Waals surface area contributed by atoms with Crippen molar-refractivity contribution >= 4 is 0 Å². The lowest BCUT2D eigenvalue weighted by Gasteiger charge is -1.78. The molecule has 0 aliphatic heterocycles. The topological polar surface area (TPSA) is 0 Å². The van der Waals surface area contributed by atoms with Crippen molar-refractivity contribution in [2.24, 2.45) is 0 Å². The van der Waals surface area contributed by atoms with Gasteiger partial charge in [0.25, 0.3) is 0 Å². The Morgan fingerprint density at radius 3 is 2.43 bits per heavy atom. The predicted molar refractivity (Wildman–Crippen MR) is 26.4 cm³/mol. The highest BCUT2D eigenvalue weighted by molar-refractivity contribution is 5.02. The molecule has 0 heterocycles. The summed E-state index contributed by atoms with van der Waals surface area (Å²) in [7, 11) is 0. The Hall–Kier alpha value is -0.850. The van der Waals surface area contributed by atoms with Crippen molar-refractivity contribution in [3.05, 3.63) is 36.1 Å². The van der Waals surface area contributed by atoms with Gasteiger partial charge in [-0.25, -0.2) is 4.39 Å². The fourth-order valence-corrected chi connectivity index (χ4v) is 0.332. The highest BCUT2D eigenvalue weighted by Crippen LogP contribution is 1.91. The van der Waals surface area contributed by atoms with Gasteiger partial charge in [-0.1, -0.05) is 18.2 Å². The van der Waals surface area contributed by atoms with Crippen LogP contribution in [0.1, 0.15) is 2.74 Å². The number of hydrogen-bond acceptors (Lipinski definition) is 0. The molecule has 0 nitrogen and oxygen atoms in total. The van der Waals surface area contributed by atoms with E-state index in [9.17, 15) is 4.39 Å². The van der Waals surface area contributed by atoms with Gasteiger partial charge in [0.05, 0.1) is 2.74 Å². The van der Waals surface area contributed by atoms with Gasteiger partial charge in [0, 0.05) is 0 Å². The van der Waals surface area contributed by atoms with E-state index in [0.29, 0.717) is 0 Å². The largest absolute Gasteiger partial charge is 0.207 e. The third-order valence-corrected chi connectivity index (χ3v) is 0.609. The molecule has 0 aliphatic rings. The van der Waals surface area contributed by atoms with Crippen molar-refractivity contribution in [1.29, 1.82) is 0 Å². The first-order chi connectivity index (χ1) is 4.18. The van der Waals surface area contributed by atoms with E-state index in [-0.39, 0.29) is 12.1 Å². The minimum atomic E-state index is -0.521. The first-order valence-corrected chi connectivity index (χ1v) is 1.92. The Kier molecular flexibility index (Phi) is 0.609. The normalized spacial score (nSPS) is 12.7. The van der Waals surface area contributed by atoms with Crippen molar-refractivity contribution in [3.8, 4) is 0 Å². The Balaban J connectivity index is 3.17. The molecule has 0 fully saturated rings. The van der Waals surface area contributed by atoms with Crippen LogP contribution >= 0.6 is 0 Å². The van der Waals surface area contributed by atoms with E-state index in [1.807, 2.05) is 0 Å². The Morgan fingerprint density at radius 2 is 2.00 bits per heavy atom. The average molecular weight is 98.1 g/mol. The molecular weight excluding hydrogens is 91.1 g/mol. The van der Waals surface area contributed by atoms with Crippen molar-refractivity contribution in [3.63, 3.8) is 0 Å². The highest BCUT2D eigenvalue weighted by Gasteiger charge is 1.77. The second-order valence-corrected chi connectivity index (χ2v) is 1.15. The van der Waals surface area contributed by atoms with Crippen molar-refractivity contribution < 1.29 is 7.13 Å². The Morgan fingerprint density at radius 1 is 1.43 bits per heavy atom. The van der Waals surface area contributed by atoms with E-state index >= 15 is 0 Å². The summed E-state index contributed by atoms with van der Waals surface area (Å²) < 4.78 is 26.0. The van der Waals surface area contributed by atoms with Crippen LogP contribution in [0.2, 0.25) is 0 Å². The van der Waals surface area contributed by atoms with Crippen molar-refractivity contribution in [2.45, 2.75) is 0 Å². The molecule has 1 aromatic rings. The predicted octanol–water partition coefficient (Wildman–Crippen LogP) is 1.83. The molecule has 0 unspecified atom stereocenters. The van der Waals surface area contributed by atoms with Gasteiger partial charge in [-0.3, -0.25) is 0 Å². The number of benzene rings is 1. The average Bonchev–Trinajstić information content (AvgIpc) is 1.59. The minimum Gasteiger partial charge on any atom is -0.207 e. The molecule has 0 bridgehead atoms. The molecule has 1 heteroatoms. The zero-order chi connectivity index (χ0) is 6.85. The van der Waals surface area contributed by atoms with Crippen LogP contribution in [-0.4, -0.2) is 0 Å². The molecule has 0 aromatic heterocycles. The molecule has 0 saturated carbocycles. The van der Waals surface area contributed by atoms with Gasteiger partial charge in [-0.15, -0.1) is 0 Å². The van der Waals surface area contributed by atoms with E-state index in [1.165, 1.54) is 6.07 Å². The molecule has 0 N–H and O–H groups in total. The first kappa shape index (κ1) is 2.46. The molecule has 36 valence electrons. The maximum atomic E-state index is 12.2. The lowest BCUT2D eigenvalue weighted by Crippen LogP contribution is -1.63. The van der Waals surface area contributed by atoms with Gasteiger partial charge >= 0.3 is 0 Å². The number of rotatable bonds is 0. The molecular formula is C6H5F. The van der Waals surface area contributed by atoms with Crippen LogP contribution in [0.4, 0.5) is 4.39 Å². The van der Waals surface area contributed by atoms with E-state index in [2.05, 4.69) is 0 Å². The molecule has 7 heavy (non-hydrogen) atoms. The molecule has 0 amide bonds. The molecule has 1 rings (SSSR count). The summed E-state index contributed by atoms with van der Waals surface area (Å²) in [5.41, 5.74) is 0. The monoisotopic (exact) mass is 98.1 g/mol. The first-order valence-electron chi connectivity index (χ1n) is 2.92. The summed E-state index contributed by atoms with van der Waals surface area (Å²) in [6.07, 6.45) is 0. The van der Waals surface area contributed by atoms with Crippen LogP contribution in [0.25, 0.3) is 0 Å². The smallest absolute Gasteiger partial charge is 0.123 e. The van der Waals surface area contributed by atoms with E-state index in [1.54, 1.807) is 0 Å². The van der Waals surface area contributed by atoms with Gasteiger partial charge in [0.15, 0.2) is 0 Å². The minimum absolute atomic E-state index is 0.0417. The maximum Gasteiger partial charge on any atom is 0.123 e. The van der Waals surface area contributed by atoms with Crippen LogP contribution < -0.4 is 0 Å². The molecule has 0 saturated heterocycles. The van der Waals surface area contributed by atoms with Crippen molar-refractivity contribution in [2.75, 3.05) is 0 Å². The summed E-state index contributed by atoms with van der Waals surface area (Å²) in [5, 5.41) is 0. The van der Waals surface area contributed by atoms with Gasteiger partial charge in [-0.2, -0.15) is 0 Å². The Bertz CT molecular complexity index is 172. The summed E-state index contributed by atoms with van der Waals surface area (Å²) in [6, 6.07) is 3.50. The lowest BCUT2D eigenvalue weighted by atomic mass is 10.4. The zero-order valence-electron chi connectivity index (χ0n) is 5.61. The van der Waals surface area contributed by atoms with E-state index < -0.39 is 5.82 Å². The third kappa shape index (κ3) is 1.000. The van der Waals surface area contributed by atoms with E-state index in [4.69, 9.17) is 2.74 Å². The molecule has 0 radical (unpaired) electrons. The maximum absolute atomic E-state index is 12.2. The number of hydrogen-bond donors (Lipinski definition) is 0. The second-order valence-electron chi connectivity index (χ2n) is 1.15. The summed E-state index contributed by atoms with van der Waals surface area (Å²) >= 11 is 0. The standard InChI is InChI=1S/C6H5F/c7-6-4-2-1-3-5-6/h1-5H/i2D,3D. The van der Waals surface area contributed by atoms with Gasteiger partial charge in [0.2, 0.25) is 0 Å². The summed E-state index contributed by atoms with van der Waals surface area (Å²) in [4.78, 5) is 0. The fourth-order valence-electron chi connectivity index (χ4n) is 0.332. The van der Waals surface area contributed by atoms with Crippen LogP contribution in [-0.2, 0) is 0 Å². The molecule has 0 atom stereocenters. The van der Waals surface area contributed by atoms with Gasteiger partial charge in [0.1, 0.15) is 5.82 Å². The quantitative estimate of drug-likeness (QED) is 0.464. The second kappa shape index (κ2) is 1.73. The summed E-state index contributed by atoms with van der Waals surface area (Å²) in [6.45, 7) is 0. The van der Waals surface area contributed by atoms with E-state index in [0.717, 1.165) is 12.1 Å². The highest BCUT2D eigenvalue weighted by atomic mass is 19.1. The molecule has 0 aliphatic carbocycles. The SMILES string of the molecule is [2H]c1cc([2H])cc(F)c1. The van der Waals surface area contributed by atoms with Crippen LogP contribution in [0.15, 0.2) is 30.3 Å².